The third-order valence-electron chi connectivity index (χ3n) is 2.51. The van der Waals surface area contributed by atoms with Gasteiger partial charge in [-0.25, -0.2) is 9.59 Å². The van der Waals surface area contributed by atoms with Crippen LogP contribution in [0.2, 0.25) is 0 Å². The average Bonchev–Trinajstić information content (AvgIpc) is 2.39. The largest absolute Gasteiger partial charge is 0.462 e. The third-order valence-corrected chi connectivity index (χ3v) is 2.51. The molecule has 4 heteroatoms. The number of hydrogen-bond acceptors (Lipinski definition) is 4. The SMILES string of the molecule is CCOC(=O)c1ccc(C(=O)OC(C)CC)cc1. The lowest BCUT2D eigenvalue weighted by molar-refractivity contribution is 0.0333. The monoisotopic (exact) mass is 250 g/mol. The Labute approximate surface area is 107 Å². The molecule has 0 saturated heterocycles. The van der Waals surface area contributed by atoms with E-state index in [4.69, 9.17) is 9.47 Å². The molecule has 18 heavy (non-hydrogen) atoms. The van der Waals surface area contributed by atoms with E-state index in [9.17, 15) is 9.59 Å². The molecule has 0 saturated carbocycles. The van der Waals surface area contributed by atoms with Crippen molar-refractivity contribution in [1.82, 2.24) is 0 Å². The van der Waals surface area contributed by atoms with Crippen LogP contribution in [-0.2, 0) is 9.47 Å². The Kier molecular flexibility index (Phi) is 5.36. The number of carbonyl (C=O) groups excluding carboxylic acids is 2. The molecule has 0 aliphatic rings. The highest BCUT2D eigenvalue weighted by Gasteiger charge is 2.12. The van der Waals surface area contributed by atoms with Crippen LogP contribution in [0.5, 0.6) is 0 Å². The number of esters is 2. The van der Waals surface area contributed by atoms with Crippen LogP contribution in [0.25, 0.3) is 0 Å². The molecule has 0 aliphatic carbocycles. The highest BCUT2D eigenvalue weighted by atomic mass is 16.5. The molecule has 0 aromatic heterocycles. The minimum atomic E-state index is -0.389. The molecule has 0 heterocycles. The van der Waals surface area contributed by atoms with Gasteiger partial charge in [0.15, 0.2) is 0 Å². The maximum atomic E-state index is 11.7. The van der Waals surface area contributed by atoms with Crippen molar-refractivity contribution in [2.24, 2.45) is 0 Å². The van der Waals surface area contributed by atoms with Gasteiger partial charge in [0.2, 0.25) is 0 Å². The summed E-state index contributed by atoms with van der Waals surface area (Å²) >= 11 is 0. The standard InChI is InChI=1S/C14H18O4/c1-4-10(3)18-14(16)12-8-6-11(7-9-12)13(15)17-5-2/h6-10H,4-5H2,1-3H3. The summed E-state index contributed by atoms with van der Waals surface area (Å²) in [6, 6.07) is 6.25. The fourth-order valence-corrected chi connectivity index (χ4v) is 1.29. The fraction of sp³-hybridized carbons (Fsp3) is 0.429. The second kappa shape index (κ2) is 6.79. The van der Waals surface area contributed by atoms with Crippen LogP contribution in [0, 0.1) is 0 Å². The lowest BCUT2D eigenvalue weighted by Gasteiger charge is -2.10. The van der Waals surface area contributed by atoms with E-state index >= 15 is 0 Å². The van der Waals surface area contributed by atoms with E-state index in [0.29, 0.717) is 17.7 Å². The number of ether oxygens (including phenoxy) is 2. The first kappa shape index (κ1) is 14.2. The summed E-state index contributed by atoms with van der Waals surface area (Å²) in [5.74, 6) is -0.765. The second-order valence-electron chi connectivity index (χ2n) is 3.92. The van der Waals surface area contributed by atoms with E-state index in [1.807, 2.05) is 13.8 Å². The summed E-state index contributed by atoms with van der Waals surface area (Å²) in [7, 11) is 0. The van der Waals surface area contributed by atoms with Crippen LogP contribution in [-0.4, -0.2) is 24.6 Å². The Morgan fingerprint density at radius 1 is 1.06 bits per heavy atom. The van der Waals surface area contributed by atoms with Crippen molar-refractivity contribution in [1.29, 1.82) is 0 Å². The van der Waals surface area contributed by atoms with E-state index in [-0.39, 0.29) is 18.0 Å². The molecular weight excluding hydrogens is 232 g/mol. The molecule has 0 radical (unpaired) electrons. The topological polar surface area (TPSA) is 52.6 Å². The van der Waals surface area contributed by atoms with Crippen molar-refractivity contribution in [3.63, 3.8) is 0 Å². The molecule has 0 aliphatic heterocycles. The van der Waals surface area contributed by atoms with Gasteiger partial charge in [-0.05, 0) is 44.5 Å². The summed E-state index contributed by atoms with van der Waals surface area (Å²) in [5, 5.41) is 0. The molecule has 0 N–H and O–H groups in total. The zero-order chi connectivity index (χ0) is 13.5. The van der Waals surface area contributed by atoms with Gasteiger partial charge >= 0.3 is 11.9 Å². The predicted octanol–water partition coefficient (Wildman–Crippen LogP) is 2.82. The molecule has 0 spiro atoms. The lowest BCUT2D eigenvalue weighted by Crippen LogP contribution is -2.14. The zero-order valence-electron chi connectivity index (χ0n) is 10.9. The van der Waals surface area contributed by atoms with Crippen LogP contribution < -0.4 is 0 Å². The van der Waals surface area contributed by atoms with Gasteiger partial charge in [-0.3, -0.25) is 0 Å². The van der Waals surface area contributed by atoms with Crippen LogP contribution in [0.15, 0.2) is 24.3 Å². The molecule has 1 aromatic rings. The Morgan fingerprint density at radius 3 is 2.00 bits per heavy atom. The van der Waals surface area contributed by atoms with Crippen LogP contribution >= 0.6 is 0 Å². The minimum absolute atomic E-state index is 0.109. The molecular formula is C14H18O4. The van der Waals surface area contributed by atoms with Crippen molar-refractivity contribution < 1.29 is 19.1 Å². The Hall–Kier alpha value is -1.84. The second-order valence-corrected chi connectivity index (χ2v) is 3.92. The predicted molar refractivity (Wildman–Crippen MR) is 67.6 cm³/mol. The van der Waals surface area contributed by atoms with Crippen molar-refractivity contribution in [3.05, 3.63) is 35.4 Å². The van der Waals surface area contributed by atoms with Gasteiger partial charge in [-0.15, -0.1) is 0 Å². The summed E-state index contributed by atoms with van der Waals surface area (Å²) in [4.78, 5) is 23.1. The number of rotatable bonds is 5. The molecule has 0 fully saturated rings. The van der Waals surface area contributed by atoms with Crippen LogP contribution in [0.3, 0.4) is 0 Å². The molecule has 0 amide bonds. The Morgan fingerprint density at radius 2 is 1.56 bits per heavy atom. The average molecular weight is 250 g/mol. The van der Waals surface area contributed by atoms with E-state index in [2.05, 4.69) is 0 Å². The highest BCUT2D eigenvalue weighted by Crippen LogP contribution is 2.09. The van der Waals surface area contributed by atoms with Gasteiger partial charge < -0.3 is 9.47 Å². The number of hydrogen-bond donors (Lipinski definition) is 0. The van der Waals surface area contributed by atoms with Crippen molar-refractivity contribution in [3.8, 4) is 0 Å². The summed E-state index contributed by atoms with van der Waals surface area (Å²) in [6.45, 7) is 5.86. The van der Waals surface area contributed by atoms with E-state index in [1.54, 1.807) is 31.2 Å². The normalized spacial score (nSPS) is 11.7. The molecule has 98 valence electrons. The summed E-state index contributed by atoms with van der Waals surface area (Å²) < 4.78 is 10.0. The van der Waals surface area contributed by atoms with Crippen LogP contribution in [0.1, 0.15) is 47.9 Å². The van der Waals surface area contributed by atoms with Crippen molar-refractivity contribution >= 4 is 11.9 Å². The Balaban J connectivity index is 2.70. The van der Waals surface area contributed by atoms with Crippen molar-refractivity contribution in [2.45, 2.75) is 33.3 Å². The van der Waals surface area contributed by atoms with E-state index in [1.165, 1.54) is 0 Å². The highest BCUT2D eigenvalue weighted by molar-refractivity contribution is 5.93. The zero-order valence-corrected chi connectivity index (χ0v) is 10.9. The fourth-order valence-electron chi connectivity index (χ4n) is 1.29. The minimum Gasteiger partial charge on any atom is -0.462 e. The quantitative estimate of drug-likeness (QED) is 0.754. The summed E-state index contributed by atoms with van der Waals surface area (Å²) in [5.41, 5.74) is 0.861. The van der Waals surface area contributed by atoms with Gasteiger partial charge in [0.1, 0.15) is 0 Å². The maximum absolute atomic E-state index is 11.7. The van der Waals surface area contributed by atoms with Gasteiger partial charge in [0.05, 0.1) is 23.8 Å². The number of benzene rings is 1. The Bertz CT molecular complexity index is 408. The third kappa shape index (κ3) is 3.87. The smallest absolute Gasteiger partial charge is 0.338 e. The van der Waals surface area contributed by atoms with Gasteiger partial charge in [0.25, 0.3) is 0 Å². The summed E-state index contributed by atoms with van der Waals surface area (Å²) in [6.07, 6.45) is 0.661. The van der Waals surface area contributed by atoms with Crippen molar-refractivity contribution in [2.75, 3.05) is 6.61 Å². The molecule has 1 atom stereocenters. The molecule has 1 unspecified atom stereocenters. The molecule has 1 aromatic carbocycles. The van der Waals surface area contributed by atoms with Gasteiger partial charge in [-0.1, -0.05) is 6.92 Å². The molecule has 1 rings (SSSR count). The molecule has 4 nitrogen and oxygen atoms in total. The lowest BCUT2D eigenvalue weighted by atomic mass is 10.1. The maximum Gasteiger partial charge on any atom is 0.338 e. The first-order valence-corrected chi connectivity index (χ1v) is 6.06. The van der Waals surface area contributed by atoms with Crippen LogP contribution in [0.4, 0.5) is 0 Å². The van der Waals surface area contributed by atoms with Gasteiger partial charge in [0, 0.05) is 0 Å². The number of carbonyl (C=O) groups is 2. The van der Waals surface area contributed by atoms with E-state index in [0.717, 1.165) is 6.42 Å². The van der Waals surface area contributed by atoms with E-state index < -0.39 is 0 Å². The first-order valence-electron chi connectivity index (χ1n) is 6.06. The first-order chi connectivity index (χ1) is 8.58. The molecule has 0 bridgehead atoms. The van der Waals surface area contributed by atoms with Gasteiger partial charge in [-0.2, -0.15) is 0 Å².